The van der Waals surface area contributed by atoms with Gasteiger partial charge in [-0.15, -0.1) is 0 Å². The zero-order chi connectivity index (χ0) is 19.3. The van der Waals surface area contributed by atoms with E-state index in [0.29, 0.717) is 22.9 Å². The zero-order valence-electron chi connectivity index (χ0n) is 15.5. The Balaban J connectivity index is 2.11. The predicted octanol–water partition coefficient (Wildman–Crippen LogP) is 4.29. The predicted molar refractivity (Wildman–Crippen MR) is 103 cm³/mol. The van der Waals surface area contributed by atoms with Gasteiger partial charge in [-0.05, 0) is 49.6 Å². The zero-order valence-corrected chi connectivity index (χ0v) is 15.5. The maximum atomic E-state index is 12.6. The molecule has 5 nitrogen and oxygen atoms in total. The van der Waals surface area contributed by atoms with Crippen molar-refractivity contribution in [2.75, 3.05) is 10.6 Å². The standard InChI is InChI=1S/C21H23N3O2/c1-14(2)15-9-11-17(12-10-15)23-19(25)21(3,4)20(26)24-18-8-6-5-7-16(18)13-22/h5-12,14H,1-4H3,(H,23,25)(H,24,26). The van der Waals surface area contributed by atoms with Crippen LogP contribution in [0.5, 0.6) is 0 Å². The number of benzene rings is 2. The number of nitrogens with zero attached hydrogens (tertiary/aromatic N) is 1. The molecule has 0 aromatic heterocycles. The Morgan fingerprint density at radius 2 is 1.54 bits per heavy atom. The molecule has 2 aromatic rings. The minimum Gasteiger partial charge on any atom is -0.325 e. The molecule has 0 fully saturated rings. The Hall–Kier alpha value is -3.13. The highest BCUT2D eigenvalue weighted by molar-refractivity contribution is 6.14. The smallest absolute Gasteiger partial charge is 0.239 e. The van der Waals surface area contributed by atoms with E-state index in [9.17, 15) is 9.59 Å². The van der Waals surface area contributed by atoms with E-state index in [1.807, 2.05) is 30.3 Å². The summed E-state index contributed by atoms with van der Waals surface area (Å²) in [7, 11) is 0. The molecule has 0 aliphatic rings. The van der Waals surface area contributed by atoms with Crippen LogP contribution in [0.3, 0.4) is 0 Å². The van der Waals surface area contributed by atoms with Crippen molar-refractivity contribution < 1.29 is 9.59 Å². The minimum atomic E-state index is -1.31. The fraction of sp³-hybridized carbons (Fsp3) is 0.286. The third kappa shape index (κ3) is 4.28. The van der Waals surface area contributed by atoms with E-state index in [1.54, 1.807) is 38.1 Å². The van der Waals surface area contributed by atoms with E-state index in [1.165, 1.54) is 5.56 Å². The summed E-state index contributed by atoms with van der Waals surface area (Å²) in [4.78, 5) is 25.2. The first-order valence-corrected chi connectivity index (χ1v) is 8.47. The third-order valence-electron chi connectivity index (χ3n) is 4.27. The highest BCUT2D eigenvalue weighted by Crippen LogP contribution is 2.24. The number of hydrogen-bond acceptors (Lipinski definition) is 3. The second-order valence-corrected chi connectivity index (χ2v) is 6.97. The van der Waals surface area contributed by atoms with Crippen LogP contribution in [0, 0.1) is 16.7 Å². The molecule has 134 valence electrons. The van der Waals surface area contributed by atoms with Crippen molar-refractivity contribution in [2.45, 2.75) is 33.6 Å². The number of carbonyl (C=O) groups excluding carboxylic acids is 2. The van der Waals surface area contributed by atoms with Gasteiger partial charge in [0, 0.05) is 5.69 Å². The number of para-hydroxylation sites is 1. The first kappa shape index (κ1) is 19.2. The van der Waals surface area contributed by atoms with Gasteiger partial charge in [0.15, 0.2) is 0 Å². The topological polar surface area (TPSA) is 82.0 Å². The summed E-state index contributed by atoms with van der Waals surface area (Å²) in [5.41, 5.74) is 1.24. The molecular formula is C21H23N3O2. The average molecular weight is 349 g/mol. The van der Waals surface area contributed by atoms with Crippen LogP contribution in [0.2, 0.25) is 0 Å². The summed E-state index contributed by atoms with van der Waals surface area (Å²) in [6, 6.07) is 16.3. The third-order valence-corrected chi connectivity index (χ3v) is 4.27. The fourth-order valence-electron chi connectivity index (χ4n) is 2.31. The first-order valence-electron chi connectivity index (χ1n) is 8.47. The highest BCUT2D eigenvalue weighted by atomic mass is 16.2. The van der Waals surface area contributed by atoms with E-state index in [2.05, 4.69) is 24.5 Å². The number of rotatable bonds is 5. The summed E-state index contributed by atoms with van der Waals surface area (Å²) in [5, 5.41) is 14.6. The number of carbonyl (C=O) groups is 2. The SMILES string of the molecule is CC(C)c1ccc(NC(=O)C(C)(C)C(=O)Nc2ccccc2C#N)cc1. The minimum absolute atomic E-state index is 0.348. The lowest BCUT2D eigenvalue weighted by atomic mass is 9.90. The van der Waals surface area contributed by atoms with Crippen molar-refractivity contribution in [3.05, 3.63) is 59.7 Å². The normalized spacial score (nSPS) is 10.9. The van der Waals surface area contributed by atoms with E-state index in [0.717, 1.165) is 0 Å². The van der Waals surface area contributed by atoms with Crippen LogP contribution in [0.15, 0.2) is 48.5 Å². The lowest BCUT2D eigenvalue weighted by Crippen LogP contribution is -2.41. The summed E-state index contributed by atoms with van der Waals surface area (Å²) < 4.78 is 0. The van der Waals surface area contributed by atoms with Crippen molar-refractivity contribution >= 4 is 23.2 Å². The summed E-state index contributed by atoms with van der Waals surface area (Å²) in [6.07, 6.45) is 0. The van der Waals surface area contributed by atoms with Gasteiger partial charge in [0.05, 0.1) is 11.3 Å². The molecule has 0 radical (unpaired) electrons. The molecule has 2 rings (SSSR count). The second kappa shape index (κ2) is 7.83. The van der Waals surface area contributed by atoms with Gasteiger partial charge in [-0.3, -0.25) is 9.59 Å². The number of hydrogen-bond donors (Lipinski definition) is 2. The van der Waals surface area contributed by atoms with Gasteiger partial charge in [-0.2, -0.15) is 5.26 Å². The fourth-order valence-corrected chi connectivity index (χ4v) is 2.31. The number of amides is 2. The molecule has 0 bridgehead atoms. The van der Waals surface area contributed by atoms with Crippen LogP contribution in [0.25, 0.3) is 0 Å². The second-order valence-electron chi connectivity index (χ2n) is 6.97. The Bertz CT molecular complexity index is 846. The number of nitriles is 1. The molecule has 0 heterocycles. The highest BCUT2D eigenvalue weighted by Gasteiger charge is 2.36. The van der Waals surface area contributed by atoms with Crippen LogP contribution < -0.4 is 10.6 Å². The quantitative estimate of drug-likeness (QED) is 0.790. The molecule has 0 spiro atoms. The largest absolute Gasteiger partial charge is 0.325 e. The Morgan fingerprint density at radius 3 is 2.12 bits per heavy atom. The molecule has 0 aliphatic heterocycles. The van der Waals surface area contributed by atoms with Gasteiger partial charge in [0.1, 0.15) is 11.5 Å². The maximum absolute atomic E-state index is 12.6. The number of anilines is 2. The van der Waals surface area contributed by atoms with Crippen molar-refractivity contribution in [3.63, 3.8) is 0 Å². The molecule has 26 heavy (non-hydrogen) atoms. The Kier molecular flexibility index (Phi) is 5.78. The van der Waals surface area contributed by atoms with Crippen LogP contribution in [-0.2, 0) is 9.59 Å². The van der Waals surface area contributed by atoms with Crippen LogP contribution in [0.1, 0.15) is 44.7 Å². The van der Waals surface area contributed by atoms with Crippen LogP contribution in [-0.4, -0.2) is 11.8 Å². The van der Waals surface area contributed by atoms with Gasteiger partial charge in [-0.25, -0.2) is 0 Å². The molecule has 5 heteroatoms. The first-order chi connectivity index (χ1) is 12.3. The average Bonchev–Trinajstić information content (AvgIpc) is 2.62. The van der Waals surface area contributed by atoms with Crippen molar-refractivity contribution in [3.8, 4) is 6.07 Å². The summed E-state index contributed by atoms with van der Waals surface area (Å²) in [6.45, 7) is 7.30. The molecule has 2 amide bonds. The molecule has 0 aliphatic carbocycles. The van der Waals surface area contributed by atoms with Gasteiger partial charge < -0.3 is 10.6 Å². The van der Waals surface area contributed by atoms with Gasteiger partial charge in [0.25, 0.3) is 0 Å². The summed E-state index contributed by atoms with van der Waals surface area (Å²) in [5.74, 6) is -0.486. The van der Waals surface area contributed by atoms with Crippen molar-refractivity contribution in [2.24, 2.45) is 5.41 Å². The van der Waals surface area contributed by atoms with Crippen LogP contribution >= 0.6 is 0 Å². The van der Waals surface area contributed by atoms with Gasteiger partial charge in [-0.1, -0.05) is 38.1 Å². The molecule has 0 saturated heterocycles. The van der Waals surface area contributed by atoms with Crippen molar-refractivity contribution in [1.82, 2.24) is 0 Å². The van der Waals surface area contributed by atoms with E-state index in [4.69, 9.17) is 5.26 Å². The van der Waals surface area contributed by atoms with E-state index in [-0.39, 0.29) is 0 Å². The lowest BCUT2D eigenvalue weighted by Gasteiger charge is -2.23. The maximum Gasteiger partial charge on any atom is 0.239 e. The Morgan fingerprint density at radius 1 is 0.962 bits per heavy atom. The lowest BCUT2D eigenvalue weighted by molar-refractivity contribution is -0.135. The monoisotopic (exact) mass is 349 g/mol. The number of nitrogens with one attached hydrogen (secondary N) is 2. The van der Waals surface area contributed by atoms with E-state index < -0.39 is 17.2 Å². The molecule has 0 saturated carbocycles. The molecular weight excluding hydrogens is 326 g/mol. The molecule has 2 N–H and O–H groups in total. The van der Waals surface area contributed by atoms with E-state index >= 15 is 0 Å². The molecule has 2 aromatic carbocycles. The van der Waals surface area contributed by atoms with Crippen LogP contribution in [0.4, 0.5) is 11.4 Å². The Labute approximate surface area is 154 Å². The van der Waals surface area contributed by atoms with Gasteiger partial charge in [0.2, 0.25) is 11.8 Å². The molecule has 0 atom stereocenters. The summed E-state index contributed by atoms with van der Waals surface area (Å²) >= 11 is 0. The van der Waals surface area contributed by atoms with Gasteiger partial charge >= 0.3 is 0 Å². The molecule has 0 unspecified atom stereocenters. The van der Waals surface area contributed by atoms with Crippen molar-refractivity contribution in [1.29, 1.82) is 5.26 Å².